The maximum atomic E-state index is 12.0. The molecule has 2 aromatic rings. The summed E-state index contributed by atoms with van der Waals surface area (Å²) in [5.41, 5.74) is 1.11. The number of carbonyl (C=O) groups excluding carboxylic acids is 2. The smallest absolute Gasteiger partial charge is 0.331 e. The molecule has 9 heteroatoms. The van der Waals surface area contributed by atoms with E-state index in [1.54, 1.807) is 30.3 Å². The Morgan fingerprint density at radius 2 is 1.93 bits per heavy atom. The number of esters is 1. The van der Waals surface area contributed by atoms with Gasteiger partial charge >= 0.3 is 5.97 Å². The number of hydrogen-bond acceptors (Lipinski definition) is 7. The molecule has 0 bridgehead atoms. The largest absolute Gasteiger partial charge is 0.493 e. The maximum absolute atomic E-state index is 12.0. The third-order valence-corrected chi connectivity index (χ3v) is 4.15. The van der Waals surface area contributed by atoms with Crippen LogP contribution in [0.4, 0.5) is 5.69 Å². The van der Waals surface area contributed by atoms with E-state index in [1.807, 2.05) is 0 Å². The fourth-order valence-electron chi connectivity index (χ4n) is 2.55. The summed E-state index contributed by atoms with van der Waals surface area (Å²) in [6, 6.07) is 8.23. The van der Waals surface area contributed by atoms with E-state index >= 15 is 0 Å². The second kappa shape index (κ2) is 9.20. The molecular weight excluding hydrogens is 402 g/mol. The molecule has 29 heavy (non-hydrogen) atoms. The second-order valence-corrected chi connectivity index (χ2v) is 6.20. The second-order valence-electron chi connectivity index (χ2n) is 5.80. The van der Waals surface area contributed by atoms with Crippen LogP contribution in [0.1, 0.15) is 5.56 Å². The summed E-state index contributed by atoms with van der Waals surface area (Å²) < 4.78 is 25.7. The molecule has 0 saturated heterocycles. The summed E-state index contributed by atoms with van der Waals surface area (Å²) in [5, 5.41) is 2.95. The highest BCUT2D eigenvalue weighted by Gasteiger charge is 2.14. The monoisotopic (exact) mass is 419 g/mol. The number of methoxy groups -OCH3 is 2. The Kier molecular flexibility index (Phi) is 6.46. The minimum Gasteiger partial charge on any atom is -0.493 e. The van der Waals surface area contributed by atoms with E-state index in [9.17, 15) is 9.59 Å². The van der Waals surface area contributed by atoms with Crippen LogP contribution in [0.25, 0.3) is 6.08 Å². The highest BCUT2D eigenvalue weighted by molar-refractivity contribution is 6.32. The summed E-state index contributed by atoms with van der Waals surface area (Å²) in [7, 11) is 2.96. The third-order valence-electron chi connectivity index (χ3n) is 3.87. The normalized spacial score (nSPS) is 12.0. The van der Waals surface area contributed by atoms with Crippen molar-refractivity contribution in [3.63, 3.8) is 0 Å². The van der Waals surface area contributed by atoms with Crippen LogP contribution in [0.3, 0.4) is 0 Å². The third kappa shape index (κ3) is 5.11. The summed E-state index contributed by atoms with van der Waals surface area (Å²) in [6.45, 7) is -0.299. The van der Waals surface area contributed by atoms with Gasteiger partial charge in [0.2, 0.25) is 6.79 Å². The average molecular weight is 420 g/mol. The molecule has 0 radical (unpaired) electrons. The van der Waals surface area contributed by atoms with Gasteiger partial charge in [0, 0.05) is 17.8 Å². The molecule has 0 saturated carbocycles. The molecular formula is C20H18ClNO7. The highest BCUT2D eigenvalue weighted by Crippen LogP contribution is 2.36. The van der Waals surface area contributed by atoms with Crippen molar-refractivity contribution in [1.29, 1.82) is 0 Å². The van der Waals surface area contributed by atoms with E-state index in [-0.39, 0.29) is 6.79 Å². The summed E-state index contributed by atoms with van der Waals surface area (Å²) in [6.07, 6.45) is 2.68. The van der Waals surface area contributed by atoms with Crippen molar-refractivity contribution in [2.75, 3.05) is 32.9 Å². The van der Waals surface area contributed by atoms with Gasteiger partial charge in [-0.3, -0.25) is 4.79 Å². The van der Waals surface area contributed by atoms with Gasteiger partial charge in [-0.05, 0) is 35.9 Å². The van der Waals surface area contributed by atoms with Crippen LogP contribution in [0.5, 0.6) is 23.0 Å². The Labute approximate surface area is 171 Å². The van der Waals surface area contributed by atoms with Gasteiger partial charge in [0.25, 0.3) is 5.91 Å². The van der Waals surface area contributed by atoms with Gasteiger partial charge < -0.3 is 29.0 Å². The Balaban J connectivity index is 1.53. The van der Waals surface area contributed by atoms with Gasteiger partial charge in [0.15, 0.2) is 29.6 Å². The first kappa shape index (κ1) is 20.3. The molecule has 1 aliphatic rings. The van der Waals surface area contributed by atoms with Crippen molar-refractivity contribution < 1.29 is 33.3 Å². The zero-order valence-electron chi connectivity index (χ0n) is 15.7. The SMILES string of the molecule is COc1cc(/C=C/C(=O)OCC(=O)Nc2ccc3c(c2)OCO3)cc(Cl)c1OC. The number of hydrogen-bond donors (Lipinski definition) is 1. The number of fused-ring (bicyclic) bond motifs is 1. The zero-order valence-corrected chi connectivity index (χ0v) is 16.4. The van der Waals surface area contributed by atoms with Crippen LogP contribution < -0.4 is 24.3 Å². The fraction of sp³-hybridized carbons (Fsp3) is 0.200. The van der Waals surface area contributed by atoms with Crippen molar-refractivity contribution in [1.82, 2.24) is 0 Å². The number of anilines is 1. The van der Waals surface area contributed by atoms with E-state index < -0.39 is 18.5 Å². The fourth-order valence-corrected chi connectivity index (χ4v) is 2.85. The summed E-state index contributed by atoms with van der Waals surface area (Å²) in [4.78, 5) is 23.8. The van der Waals surface area contributed by atoms with Gasteiger partial charge in [0.1, 0.15) is 0 Å². The molecule has 1 N–H and O–H groups in total. The lowest BCUT2D eigenvalue weighted by Crippen LogP contribution is -2.20. The number of amides is 1. The molecule has 1 amide bonds. The topological polar surface area (TPSA) is 92.3 Å². The molecule has 1 aliphatic heterocycles. The van der Waals surface area contributed by atoms with Crippen LogP contribution in [-0.4, -0.2) is 39.5 Å². The van der Waals surface area contributed by atoms with Gasteiger partial charge in [-0.15, -0.1) is 0 Å². The van der Waals surface area contributed by atoms with Crippen molar-refractivity contribution >= 4 is 35.2 Å². The quantitative estimate of drug-likeness (QED) is 0.543. The Hall–Kier alpha value is -3.39. The van der Waals surface area contributed by atoms with Gasteiger partial charge in [0.05, 0.1) is 19.2 Å². The summed E-state index contributed by atoms with van der Waals surface area (Å²) in [5.74, 6) is 0.799. The van der Waals surface area contributed by atoms with Gasteiger partial charge in [-0.2, -0.15) is 0 Å². The first-order valence-corrected chi connectivity index (χ1v) is 8.84. The van der Waals surface area contributed by atoms with Crippen molar-refractivity contribution in [2.24, 2.45) is 0 Å². The summed E-state index contributed by atoms with van der Waals surface area (Å²) >= 11 is 6.12. The van der Waals surface area contributed by atoms with E-state index in [4.69, 9.17) is 35.3 Å². The van der Waals surface area contributed by atoms with E-state index in [0.717, 1.165) is 0 Å². The number of ether oxygens (including phenoxy) is 5. The standard InChI is InChI=1S/C20H18ClNO7/c1-25-17-8-12(7-14(21)20(17)26-2)3-6-19(24)27-10-18(23)22-13-4-5-15-16(9-13)29-11-28-15/h3-9H,10-11H2,1-2H3,(H,22,23)/b6-3+. The highest BCUT2D eigenvalue weighted by atomic mass is 35.5. The predicted octanol–water partition coefficient (Wildman–Crippen LogP) is 3.28. The number of benzene rings is 2. The average Bonchev–Trinajstić information content (AvgIpc) is 3.18. The molecule has 0 aromatic heterocycles. The molecule has 0 fully saturated rings. The molecule has 0 atom stereocenters. The minimum absolute atomic E-state index is 0.141. The van der Waals surface area contributed by atoms with Crippen LogP contribution in [-0.2, 0) is 14.3 Å². The van der Waals surface area contributed by atoms with Gasteiger partial charge in [-0.1, -0.05) is 11.6 Å². The van der Waals surface area contributed by atoms with Gasteiger partial charge in [-0.25, -0.2) is 4.79 Å². The molecule has 0 aliphatic carbocycles. The van der Waals surface area contributed by atoms with Crippen LogP contribution in [0, 0.1) is 0 Å². The Bertz CT molecular complexity index is 958. The lowest BCUT2D eigenvalue weighted by molar-refractivity contribution is -0.142. The van der Waals surface area contributed by atoms with Crippen molar-refractivity contribution in [3.8, 4) is 23.0 Å². The molecule has 2 aromatic carbocycles. The van der Waals surface area contributed by atoms with E-state index in [2.05, 4.69) is 5.32 Å². The Morgan fingerprint density at radius 1 is 1.14 bits per heavy atom. The van der Waals surface area contributed by atoms with Crippen LogP contribution >= 0.6 is 11.6 Å². The van der Waals surface area contributed by atoms with Crippen LogP contribution in [0.2, 0.25) is 5.02 Å². The molecule has 0 unspecified atom stereocenters. The molecule has 8 nitrogen and oxygen atoms in total. The Morgan fingerprint density at radius 3 is 2.69 bits per heavy atom. The van der Waals surface area contributed by atoms with Crippen molar-refractivity contribution in [2.45, 2.75) is 0 Å². The first-order valence-electron chi connectivity index (χ1n) is 8.46. The number of rotatable bonds is 7. The van der Waals surface area contributed by atoms with Crippen LogP contribution in [0.15, 0.2) is 36.4 Å². The number of nitrogens with one attached hydrogen (secondary N) is 1. The van der Waals surface area contributed by atoms with Crippen molar-refractivity contribution in [3.05, 3.63) is 47.0 Å². The molecule has 152 valence electrons. The van der Waals surface area contributed by atoms with E-state index in [0.29, 0.717) is 39.3 Å². The molecule has 3 rings (SSSR count). The number of carbonyl (C=O) groups is 2. The molecule has 1 heterocycles. The minimum atomic E-state index is -0.684. The lowest BCUT2D eigenvalue weighted by atomic mass is 10.2. The predicted molar refractivity (Wildman–Crippen MR) is 106 cm³/mol. The number of halogens is 1. The molecule has 0 spiro atoms. The zero-order chi connectivity index (χ0) is 20.8. The van der Waals surface area contributed by atoms with E-state index in [1.165, 1.54) is 26.4 Å². The lowest BCUT2D eigenvalue weighted by Gasteiger charge is -2.10. The maximum Gasteiger partial charge on any atom is 0.331 e. The first-order chi connectivity index (χ1) is 14.0.